The van der Waals surface area contributed by atoms with Gasteiger partial charge in [-0.15, -0.1) is 17.9 Å². The second-order valence-corrected chi connectivity index (χ2v) is 17.5. The number of carbonyl (C=O) groups is 1. The Morgan fingerprint density at radius 3 is 2.53 bits per heavy atom. The maximum absolute atomic E-state index is 13.7. The second kappa shape index (κ2) is 9.90. The molecule has 0 N–H and O–H groups in total. The van der Waals surface area contributed by atoms with Crippen LogP contribution in [0.2, 0.25) is 25.7 Å². The minimum Gasteiger partial charge on any atom is -0.497 e. The van der Waals surface area contributed by atoms with Crippen LogP contribution in [0.4, 0.5) is 0 Å². The topological polar surface area (TPSA) is 72.9 Å². The van der Waals surface area contributed by atoms with Gasteiger partial charge in [0, 0.05) is 25.4 Å². The Balaban J connectivity index is 2.00. The Hall–Kier alpha value is -1.94. The minimum absolute atomic E-state index is 0.117. The number of hydrogen-bond donors (Lipinski definition) is 0. The normalized spacial score (nSPS) is 19.6. The van der Waals surface area contributed by atoms with Crippen molar-refractivity contribution < 1.29 is 22.7 Å². The molecule has 2 aromatic rings. The summed E-state index contributed by atoms with van der Waals surface area (Å²) in [5, 5.41) is 1.97. The van der Waals surface area contributed by atoms with Crippen molar-refractivity contribution in [1.29, 1.82) is 0 Å². The van der Waals surface area contributed by atoms with E-state index in [9.17, 15) is 13.2 Å². The summed E-state index contributed by atoms with van der Waals surface area (Å²) in [4.78, 5) is 14.5. The molecule has 2 atom stereocenters. The molecule has 6 nitrogen and oxygen atoms in total. The molecule has 1 aromatic carbocycles. The van der Waals surface area contributed by atoms with E-state index in [-0.39, 0.29) is 11.4 Å². The first-order chi connectivity index (χ1) is 15.1. The van der Waals surface area contributed by atoms with Gasteiger partial charge in [0.25, 0.3) is 0 Å². The van der Waals surface area contributed by atoms with Crippen LogP contribution in [0.5, 0.6) is 5.75 Å². The van der Waals surface area contributed by atoms with Gasteiger partial charge in [-0.1, -0.05) is 25.7 Å². The van der Waals surface area contributed by atoms with Crippen LogP contribution in [-0.2, 0) is 26.0 Å². The summed E-state index contributed by atoms with van der Waals surface area (Å²) < 4.78 is 39.5. The standard InChI is InChI=1S/C23H31NO5S2Si/c1-6-19-20-12-15-30-21(20)11-13-24(22(19)23(25)29-14-16-32(3,4)5)31(26,27)18-9-7-17(28-2)8-10-18/h6-10,12,15,19,22H,1,11,13-14,16H2,2-5H3/t19-,22+/m0/s1. The number of hydrogen-bond acceptors (Lipinski definition) is 6. The van der Waals surface area contributed by atoms with Gasteiger partial charge in [-0.25, -0.2) is 8.42 Å². The monoisotopic (exact) mass is 493 g/mol. The van der Waals surface area contributed by atoms with Gasteiger partial charge in [0.2, 0.25) is 10.0 Å². The molecule has 174 valence electrons. The van der Waals surface area contributed by atoms with E-state index >= 15 is 0 Å². The minimum atomic E-state index is -3.95. The zero-order chi connectivity index (χ0) is 23.5. The van der Waals surface area contributed by atoms with E-state index in [1.807, 2.05) is 11.4 Å². The number of thiophene rings is 1. The van der Waals surface area contributed by atoms with Gasteiger partial charge in [-0.3, -0.25) is 4.79 Å². The molecule has 0 fully saturated rings. The summed E-state index contributed by atoms with van der Waals surface area (Å²) in [5.74, 6) is -0.441. The largest absolute Gasteiger partial charge is 0.497 e. The van der Waals surface area contributed by atoms with Gasteiger partial charge >= 0.3 is 5.97 Å². The number of benzene rings is 1. The number of ether oxygens (including phenoxy) is 2. The molecule has 9 heteroatoms. The highest BCUT2D eigenvalue weighted by molar-refractivity contribution is 7.89. The fourth-order valence-electron chi connectivity index (χ4n) is 3.77. The van der Waals surface area contributed by atoms with Crippen LogP contribution in [0.15, 0.2) is 53.3 Å². The summed E-state index contributed by atoms with van der Waals surface area (Å²) in [5.41, 5.74) is 0.949. The van der Waals surface area contributed by atoms with Crippen LogP contribution in [0.1, 0.15) is 16.4 Å². The molecule has 0 bridgehead atoms. The van der Waals surface area contributed by atoms with Crippen molar-refractivity contribution in [2.45, 2.75) is 49.0 Å². The lowest BCUT2D eigenvalue weighted by atomic mass is 9.92. The summed E-state index contributed by atoms with van der Waals surface area (Å²) >= 11 is 1.57. The Labute approximate surface area is 195 Å². The van der Waals surface area contributed by atoms with E-state index in [1.54, 1.807) is 29.5 Å². The Morgan fingerprint density at radius 1 is 1.25 bits per heavy atom. The molecular weight excluding hydrogens is 462 g/mol. The lowest BCUT2D eigenvalue weighted by Crippen LogP contribution is -2.48. The van der Waals surface area contributed by atoms with Crippen LogP contribution in [0, 0.1) is 0 Å². The van der Waals surface area contributed by atoms with Crippen LogP contribution < -0.4 is 4.74 Å². The second-order valence-electron chi connectivity index (χ2n) is 9.02. The molecule has 2 heterocycles. The number of nitrogens with zero attached hydrogens (tertiary/aromatic N) is 1. The van der Waals surface area contributed by atoms with Crippen molar-refractivity contribution in [3.63, 3.8) is 0 Å². The number of sulfonamides is 1. The predicted molar refractivity (Wildman–Crippen MR) is 131 cm³/mol. The zero-order valence-electron chi connectivity index (χ0n) is 19.0. The molecule has 32 heavy (non-hydrogen) atoms. The van der Waals surface area contributed by atoms with Crippen LogP contribution in [0.25, 0.3) is 0 Å². The molecule has 0 amide bonds. The van der Waals surface area contributed by atoms with E-state index in [2.05, 4.69) is 26.2 Å². The van der Waals surface area contributed by atoms with Crippen LogP contribution in [-0.4, -0.2) is 53.1 Å². The number of rotatable bonds is 8. The highest BCUT2D eigenvalue weighted by Gasteiger charge is 2.44. The molecule has 0 radical (unpaired) electrons. The van der Waals surface area contributed by atoms with Gasteiger partial charge in [0.1, 0.15) is 11.8 Å². The molecule has 3 rings (SSSR count). The molecule has 0 unspecified atom stereocenters. The lowest BCUT2D eigenvalue weighted by Gasteiger charge is -2.31. The Morgan fingerprint density at radius 2 is 1.94 bits per heavy atom. The zero-order valence-corrected chi connectivity index (χ0v) is 21.7. The number of methoxy groups -OCH3 is 1. The van der Waals surface area contributed by atoms with E-state index in [0.29, 0.717) is 18.8 Å². The van der Waals surface area contributed by atoms with E-state index in [0.717, 1.165) is 16.5 Å². The third-order valence-corrected chi connectivity index (χ3v) is 10.2. The molecular formula is C23H31NO5S2Si. The van der Waals surface area contributed by atoms with Gasteiger partial charge < -0.3 is 9.47 Å². The van der Waals surface area contributed by atoms with Gasteiger partial charge in [0.15, 0.2) is 0 Å². The molecule has 1 aromatic heterocycles. The van der Waals surface area contributed by atoms with E-state index < -0.39 is 36.0 Å². The quantitative estimate of drug-likeness (QED) is 0.307. The molecule has 1 aliphatic heterocycles. The molecule has 0 spiro atoms. The van der Waals surface area contributed by atoms with Crippen molar-refractivity contribution >= 4 is 35.4 Å². The summed E-state index contributed by atoms with van der Waals surface area (Å²) in [6.45, 7) is 11.0. The highest BCUT2D eigenvalue weighted by Crippen LogP contribution is 2.37. The van der Waals surface area contributed by atoms with Crippen LogP contribution >= 0.6 is 11.3 Å². The molecule has 0 saturated heterocycles. The van der Waals surface area contributed by atoms with E-state index in [4.69, 9.17) is 9.47 Å². The fraction of sp³-hybridized carbons (Fsp3) is 0.435. The Bertz CT molecular complexity index is 1060. The van der Waals surface area contributed by atoms with Gasteiger partial charge in [-0.2, -0.15) is 4.31 Å². The van der Waals surface area contributed by atoms with Gasteiger partial charge in [-0.05, 0) is 53.7 Å². The summed E-state index contributed by atoms with van der Waals surface area (Å²) in [6, 6.07) is 7.99. The van der Waals surface area contributed by atoms with Crippen LogP contribution in [0.3, 0.4) is 0 Å². The highest BCUT2D eigenvalue weighted by atomic mass is 32.2. The first-order valence-electron chi connectivity index (χ1n) is 10.6. The third kappa shape index (κ3) is 5.33. The third-order valence-electron chi connectivity index (χ3n) is 5.61. The Kier molecular flexibility index (Phi) is 7.64. The lowest BCUT2D eigenvalue weighted by molar-refractivity contribution is -0.148. The fourth-order valence-corrected chi connectivity index (χ4v) is 7.01. The van der Waals surface area contributed by atoms with Crippen molar-refractivity contribution in [3.05, 3.63) is 58.8 Å². The summed E-state index contributed by atoms with van der Waals surface area (Å²) in [7, 11) is -3.84. The van der Waals surface area contributed by atoms with Gasteiger partial charge in [0.05, 0.1) is 18.6 Å². The van der Waals surface area contributed by atoms with Crippen molar-refractivity contribution in [1.82, 2.24) is 4.31 Å². The van der Waals surface area contributed by atoms with Crippen molar-refractivity contribution in [2.24, 2.45) is 0 Å². The van der Waals surface area contributed by atoms with E-state index in [1.165, 1.54) is 23.5 Å². The predicted octanol–water partition coefficient (Wildman–Crippen LogP) is 4.52. The first-order valence-corrected chi connectivity index (χ1v) is 16.6. The number of fused-ring (bicyclic) bond motifs is 1. The maximum Gasteiger partial charge on any atom is 0.325 e. The average Bonchev–Trinajstić information content (AvgIpc) is 3.13. The smallest absolute Gasteiger partial charge is 0.325 e. The molecule has 1 aliphatic rings. The number of carbonyl (C=O) groups excluding carboxylic acids is 1. The van der Waals surface area contributed by atoms with Crippen molar-refractivity contribution in [3.8, 4) is 5.75 Å². The number of esters is 1. The summed E-state index contributed by atoms with van der Waals surface area (Å²) in [6.07, 6.45) is 2.20. The SMILES string of the molecule is C=C[C@H]1c2ccsc2CCN(S(=O)(=O)c2ccc(OC)cc2)[C@H]1C(=O)OCC[Si](C)(C)C. The average molecular weight is 494 g/mol. The maximum atomic E-state index is 13.7. The molecule has 0 saturated carbocycles. The van der Waals surface area contributed by atoms with Crippen molar-refractivity contribution in [2.75, 3.05) is 20.3 Å². The first kappa shape index (κ1) is 24.7. The molecule has 0 aliphatic carbocycles.